The monoisotopic (exact) mass is 380 g/mol. The molecule has 1 aromatic carbocycles. The van der Waals surface area contributed by atoms with Gasteiger partial charge in [-0.05, 0) is 18.6 Å². The second-order valence-electron chi connectivity index (χ2n) is 4.50. The Balaban J connectivity index is 2.11. The topological polar surface area (TPSA) is 38.7 Å². The number of hydrogen-bond donors (Lipinski definition) is 1. The van der Waals surface area contributed by atoms with Crippen molar-refractivity contribution in [3.05, 3.63) is 33.8 Å². The van der Waals surface area contributed by atoms with Gasteiger partial charge in [0.15, 0.2) is 6.29 Å². The quantitative estimate of drug-likeness (QED) is 0.790. The van der Waals surface area contributed by atoms with E-state index in [4.69, 9.17) is 32.7 Å². The van der Waals surface area contributed by atoms with Crippen molar-refractivity contribution in [3.8, 4) is 0 Å². The third-order valence-electron chi connectivity index (χ3n) is 3.14. The summed E-state index contributed by atoms with van der Waals surface area (Å²) in [6.07, 6.45) is 0.863. The number of ether oxygens (including phenoxy) is 2. The van der Waals surface area contributed by atoms with Gasteiger partial charge in [0.2, 0.25) is 0 Å². The van der Waals surface area contributed by atoms with E-state index < -0.39 is 5.60 Å². The first-order valence-corrected chi connectivity index (χ1v) is 7.90. The fourth-order valence-electron chi connectivity index (χ4n) is 2.07. The Kier molecular flexibility index (Phi) is 5.52. The molecule has 0 radical (unpaired) electrons. The van der Waals surface area contributed by atoms with E-state index in [1.807, 2.05) is 0 Å². The molecule has 0 saturated carbocycles. The van der Waals surface area contributed by atoms with Crippen LogP contribution < -0.4 is 0 Å². The van der Waals surface area contributed by atoms with Crippen molar-refractivity contribution in [1.29, 1.82) is 0 Å². The maximum atomic E-state index is 10.7. The largest absolute Gasteiger partial charge is 0.384 e. The van der Waals surface area contributed by atoms with Gasteiger partial charge in [0.25, 0.3) is 0 Å². The van der Waals surface area contributed by atoms with Crippen molar-refractivity contribution >= 4 is 39.1 Å². The molecule has 1 unspecified atom stereocenters. The van der Waals surface area contributed by atoms with E-state index in [1.165, 1.54) is 0 Å². The third kappa shape index (κ3) is 3.84. The minimum absolute atomic E-state index is 0.239. The summed E-state index contributed by atoms with van der Waals surface area (Å²) in [5.74, 6) is 0. The van der Waals surface area contributed by atoms with Crippen LogP contribution in [-0.2, 0) is 15.1 Å². The first-order chi connectivity index (χ1) is 9.05. The molecule has 1 aromatic rings. The van der Waals surface area contributed by atoms with Crippen molar-refractivity contribution < 1.29 is 14.6 Å². The van der Waals surface area contributed by atoms with Crippen LogP contribution in [0.1, 0.15) is 18.4 Å². The van der Waals surface area contributed by atoms with E-state index in [9.17, 15) is 5.11 Å². The van der Waals surface area contributed by atoms with E-state index in [0.717, 1.165) is 0 Å². The number of hydrogen-bond acceptors (Lipinski definition) is 3. The zero-order valence-corrected chi connectivity index (χ0v) is 13.3. The first kappa shape index (κ1) is 15.5. The van der Waals surface area contributed by atoms with Crippen molar-refractivity contribution in [1.82, 2.24) is 0 Å². The normalized spacial score (nSPS) is 19.6. The minimum atomic E-state index is -1.06. The van der Waals surface area contributed by atoms with Crippen LogP contribution in [0.4, 0.5) is 0 Å². The average molecular weight is 382 g/mol. The molecule has 106 valence electrons. The summed E-state index contributed by atoms with van der Waals surface area (Å²) in [5, 5.41) is 12.1. The molecule has 19 heavy (non-hydrogen) atoms. The molecular formula is C13H15BrCl2O3. The van der Waals surface area contributed by atoms with Gasteiger partial charge < -0.3 is 14.6 Å². The lowest BCUT2D eigenvalue weighted by Crippen LogP contribution is -2.29. The van der Waals surface area contributed by atoms with Gasteiger partial charge in [0.05, 0.1) is 13.2 Å². The van der Waals surface area contributed by atoms with Crippen LogP contribution in [0.3, 0.4) is 0 Å². The Morgan fingerprint density at radius 2 is 2.00 bits per heavy atom. The molecule has 0 aromatic heterocycles. The van der Waals surface area contributed by atoms with Gasteiger partial charge >= 0.3 is 0 Å². The predicted molar refractivity (Wildman–Crippen MR) is 79.1 cm³/mol. The van der Waals surface area contributed by atoms with E-state index in [2.05, 4.69) is 15.9 Å². The maximum absolute atomic E-state index is 10.7. The summed E-state index contributed by atoms with van der Waals surface area (Å²) in [5.41, 5.74) is -0.398. The van der Waals surface area contributed by atoms with Crippen LogP contribution >= 0.6 is 39.1 Å². The molecule has 1 atom stereocenters. The number of alkyl halides is 1. The first-order valence-electron chi connectivity index (χ1n) is 6.02. The van der Waals surface area contributed by atoms with Gasteiger partial charge in [-0.3, -0.25) is 0 Å². The van der Waals surface area contributed by atoms with Crippen LogP contribution in [-0.4, -0.2) is 29.9 Å². The van der Waals surface area contributed by atoms with Crippen LogP contribution in [0.25, 0.3) is 0 Å². The lowest BCUT2D eigenvalue weighted by molar-refractivity contribution is -0.0644. The molecule has 3 nitrogen and oxygen atoms in total. The van der Waals surface area contributed by atoms with Crippen molar-refractivity contribution in [2.24, 2.45) is 0 Å². The van der Waals surface area contributed by atoms with Gasteiger partial charge in [0, 0.05) is 27.4 Å². The highest BCUT2D eigenvalue weighted by Crippen LogP contribution is 2.36. The molecule has 0 amide bonds. The molecule has 0 aliphatic carbocycles. The molecule has 6 heteroatoms. The van der Waals surface area contributed by atoms with Crippen molar-refractivity contribution in [2.45, 2.75) is 24.7 Å². The van der Waals surface area contributed by atoms with Crippen molar-refractivity contribution in [3.63, 3.8) is 0 Å². The van der Waals surface area contributed by atoms with E-state index >= 15 is 0 Å². The van der Waals surface area contributed by atoms with E-state index in [1.54, 1.807) is 18.2 Å². The summed E-state index contributed by atoms with van der Waals surface area (Å²) in [7, 11) is 0. The zero-order chi connectivity index (χ0) is 13.9. The molecule has 0 spiro atoms. The molecule has 1 heterocycles. The zero-order valence-electron chi connectivity index (χ0n) is 10.2. The number of halogens is 3. The van der Waals surface area contributed by atoms with Gasteiger partial charge in [-0.2, -0.15) is 0 Å². The molecule has 0 bridgehead atoms. The summed E-state index contributed by atoms with van der Waals surface area (Å²) < 4.78 is 10.8. The summed E-state index contributed by atoms with van der Waals surface area (Å²) in [6, 6.07) is 5.11. The lowest BCUT2D eigenvalue weighted by Gasteiger charge is -2.28. The van der Waals surface area contributed by atoms with E-state index in [0.29, 0.717) is 47.0 Å². The van der Waals surface area contributed by atoms with Gasteiger partial charge in [-0.25, -0.2) is 0 Å². The van der Waals surface area contributed by atoms with Gasteiger partial charge in [-0.15, -0.1) is 0 Å². The second kappa shape index (κ2) is 6.74. The second-order valence-corrected chi connectivity index (χ2v) is 5.90. The third-order valence-corrected chi connectivity index (χ3v) is 4.61. The Labute approximate surface area is 130 Å². The molecule has 1 fully saturated rings. The highest BCUT2D eigenvalue weighted by Gasteiger charge is 2.32. The fourth-order valence-corrected chi connectivity index (χ4v) is 3.24. The standard InChI is InChI=1S/C13H15BrCl2O3/c14-8-13(17,4-3-12-18-5-6-19-12)10-2-1-9(15)7-11(10)16/h1-2,7,12,17H,3-6,8H2/i1+2,2+2,7+2,9+2,10+2,11+2. The van der Waals surface area contributed by atoms with Crippen LogP contribution in [0.15, 0.2) is 18.2 Å². The molecular weight excluding hydrogens is 367 g/mol. The SMILES string of the molecule is OC(CBr)(CCC1OCCO1)[14c]1[14cH][14cH][14c](Cl)[14cH][14c]1Cl. The van der Waals surface area contributed by atoms with Crippen LogP contribution in [0.5, 0.6) is 0 Å². The number of rotatable bonds is 5. The Bertz CT molecular complexity index is 438. The highest BCUT2D eigenvalue weighted by atomic mass is 79.9. The average Bonchev–Trinajstić information content (AvgIpc) is 2.89. The van der Waals surface area contributed by atoms with Crippen LogP contribution in [0.2, 0.25) is 10.0 Å². The number of benzene rings is 1. The van der Waals surface area contributed by atoms with Crippen LogP contribution in [0, 0.1) is 0 Å². The predicted octanol–water partition coefficient (Wildman–Crippen LogP) is 3.73. The summed E-state index contributed by atoms with van der Waals surface area (Å²) in [6.45, 7) is 1.22. The molecule has 2 rings (SSSR count). The molecule has 1 saturated heterocycles. The molecule has 1 aliphatic heterocycles. The van der Waals surface area contributed by atoms with Gasteiger partial charge in [-0.1, -0.05) is 45.2 Å². The highest BCUT2D eigenvalue weighted by molar-refractivity contribution is 9.09. The minimum Gasteiger partial charge on any atom is -0.384 e. The van der Waals surface area contributed by atoms with E-state index in [-0.39, 0.29) is 6.29 Å². The summed E-state index contributed by atoms with van der Waals surface area (Å²) >= 11 is 15.4. The summed E-state index contributed by atoms with van der Waals surface area (Å²) in [4.78, 5) is 0. The Morgan fingerprint density at radius 1 is 1.32 bits per heavy atom. The lowest BCUT2D eigenvalue weighted by atomic mass is 10.1. The Hall–Kier alpha value is 0.160. The maximum Gasteiger partial charge on any atom is 0.157 e. The number of aliphatic hydroxyl groups is 1. The van der Waals surface area contributed by atoms with Gasteiger partial charge in [0.1, 0.15) is 5.60 Å². The smallest absolute Gasteiger partial charge is 0.157 e. The molecule has 1 N–H and O–H groups in total. The Morgan fingerprint density at radius 3 is 2.58 bits per heavy atom. The van der Waals surface area contributed by atoms with Crippen molar-refractivity contribution in [2.75, 3.05) is 18.5 Å². The molecule has 1 aliphatic rings. The fraction of sp³-hybridized carbons (Fsp3) is 0.538.